The van der Waals surface area contributed by atoms with Gasteiger partial charge < -0.3 is 19.4 Å². The van der Waals surface area contributed by atoms with Crippen molar-refractivity contribution in [3.05, 3.63) is 47.5 Å². The number of carbonyl (C=O) groups excluding carboxylic acids is 1. The van der Waals surface area contributed by atoms with Crippen LogP contribution in [0.3, 0.4) is 0 Å². The number of hydrogen-bond donors (Lipinski definition) is 1. The molecule has 0 spiro atoms. The fourth-order valence-corrected chi connectivity index (χ4v) is 3.86. The minimum absolute atomic E-state index is 0.0768. The fourth-order valence-electron chi connectivity index (χ4n) is 3.06. The van der Waals surface area contributed by atoms with Crippen molar-refractivity contribution in [1.82, 2.24) is 14.8 Å². The predicted molar refractivity (Wildman–Crippen MR) is 120 cm³/mol. The van der Waals surface area contributed by atoms with Crippen LogP contribution in [0.5, 0.6) is 11.5 Å². The standard InChI is InChI=1S/C22H26N4O3S/c1-6-26-21(16-9-10-18(28-4)19(12-16)29-5)24-25-22(26)30-13-20(27)23-17-11-14(2)7-8-15(17)3/h7-12H,6,13H2,1-5H3,(H,23,27). The second-order valence-electron chi connectivity index (χ2n) is 6.78. The van der Waals surface area contributed by atoms with Gasteiger partial charge >= 0.3 is 0 Å². The van der Waals surface area contributed by atoms with Crippen molar-refractivity contribution in [2.45, 2.75) is 32.5 Å². The zero-order chi connectivity index (χ0) is 21.7. The largest absolute Gasteiger partial charge is 0.493 e. The number of benzene rings is 2. The topological polar surface area (TPSA) is 78.3 Å². The van der Waals surface area contributed by atoms with Crippen molar-refractivity contribution in [2.24, 2.45) is 0 Å². The number of anilines is 1. The highest BCUT2D eigenvalue weighted by Crippen LogP contribution is 2.32. The molecule has 1 aromatic heterocycles. The maximum Gasteiger partial charge on any atom is 0.234 e. The Bertz CT molecular complexity index is 1050. The van der Waals surface area contributed by atoms with Gasteiger partial charge in [0.2, 0.25) is 5.91 Å². The summed E-state index contributed by atoms with van der Waals surface area (Å²) in [6, 6.07) is 11.6. The van der Waals surface area contributed by atoms with Crippen LogP contribution in [0, 0.1) is 13.8 Å². The van der Waals surface area contributed by atoms with E-state index in [0.717, 1.165) is 28.2 Å². The van der Waals surface area contributed by atoms with Gasteiger partial charge in [-0.3, -0.25) is 4.79 Å². The first-order chi connectivity index (χ1) is 14.5. The van der Waals surface area contributed by atoms with E-state index in [1.165, 1.54) is 11.8 Å². The molecule has 0 bridgehead atoms. The highest BCUT2D eigenvalue weighted by molar-refractivity contribution is 7.99. The van der Waals surface area contributed by atoms with E-state index in [1.54, 1.807) is 14.2 Å². The highest BCUT2D eigenvalue weighted by atomic mass is 32.2. The smallest absolute Gasteiger partial charge is 0.234 e. The summed E-state index contributed by atoms with van der Waals surface area (Å²) in [5.74, 6) is 2.17. The van der Waals surface area contributed by atoms with Gasteiger partial charge in [-0.1, -0.05) is 23.9 Å². The second kappa shape index (κ2) is 9.67. The maximum absolute atomic E-state index is 12.5. The summed E-state index contributed by atoms with van der Waals surface area (Å²) in [5.41, 5.74) is 3.84. The van der Waals surface area contributed by atoms with Crippen LogP contribution in [0.1, 0.15) is 18.1 Å². The summed E-state index contributed by atoms with van der Waals surface area (Å²) in [6.45, 7) is 6.68. The van der Waals surface area contributed by atoms with Gasteiger partial charge in [0.15, 0.2) is 22.5 Å². The molecule has 1 amide bonds. The van der Waals surface area contributed by atoms with Crippen LogP contribution in [-0.2, 0) is 11.3 Å². The Hall–Kier alpha value is -3.00. The number of ether oxygens (including phenoxy) is 2. The molecule has 3 rings (SSSR count). The van der Waals surface area contributed by atoms with E-state index in [4.69, 9.17) is 9.47 Å². The first-order valence-electron chi connectivity index (χ1n) is 9.62. The Morgan fingerprint density at radius 2 is 1.83 bits per heavy atom. The lowest BCUT2D eigenvalue weighted by atomic mass is 10.1. The Morgan fingerprint density at radius 3 is 2.53 bits per heavy atom. The molecule has 0 aliphatic rings. The summed E-state index contributed by atoms with van der Waals surface area (Å²) in [4.78, 5) is 12.5. The molecule has 1 heterocycles. The van der Waals surface area contributed by atoms with Gasteiger partial charge in [0.05, 0.1) is 20.0 Å². The summed E-state index contributed by atoms with van der Waals surface area (Å²) in [5, 5.41) is 12.3. The van der Waals surface area contributed by atoms with Gasteiger partial charge in [-0.25, -0.2) is 0 Å². The molecule has 0 aliphatic carbocycles. The number of hydrogen-bond acceptors (Lipinski definition) is 6. The molecule has 0 saturated heterocycles. The number of rotatable bonds is 8. The Morgan fingerprint density at radius 1 is 1.07 bits per heavy atom. The van der Waals surface area contributed by atoms with E-state index in [9.17, 15) is 4.79 Å². The molecule has 8 heteroatoms. The van der Waals surface area contributed by atoms with Crippen molar-refractivity contribution >= 4 is 23.4 Å². The van der Waals surface area contributed by atoms with Crippen LogP contribution in [0.15, 0.2) is 41.6 Å². The van der Waals surface area contributed by atoms with Crippen molar-refractivity contribution < 1.29 is 14.3 Å². The first kappa shape index (κ1) is 21.7. The van der Waals surface area contributed by atoms with Gasteiger partial charge in [-0.05, 0) is 56.2 Å². The van der Waals surface area contributed by atoms with Crippen LogP contribution >= 0.6 is 11.8 Å². The lowest BCUT2D eigenvalue weighted by Gasteiger charge is -2.11. The van der Waals surface area contributed by atoms with Crippen molar-refractivity contribution in [3.8, 4) is 22.9 Å². The molecule has 0 atom stereocenters. The molecule has 1 N–H and O–H groups in total. The SMILES string of the molecule is CCn1c(SCC(=O)Nc2cc(C)ccc2C)nnc1-c1ccc(OC)c(OC)c1. The molecule has 7 nitrogen and oxygen atoms in total. The number of aryl methyl sites for hydroxylation is 2. The van der Waals surface area contributed by atoms with Gasteiger partial charge in [-0.15, -0.1) is 10.2 Å². The third kappa shape index (κ3) is 4.76. The normalized spacial score (nSPS) is 10.7. The van der Waals surface area contributed by atoms with E-state index in [1.807, 2.05) is 61.7 Å². The maximum atomic E-state index is 12.5. The van der Waals surface area contributed by atoms with E-state index in [-0.39, 0.29) is 11.7 Å². The lowest BCUT2D eigenvalue weighted by molar-refractivity contribution is -0.113. The average molecular weight is 427 g/mol. The number of carbonyl (C=O) groups is 1. The Balaban J connectivity index is 1.74. The fraction of sp³-hybridized carbons (Fsp3) is 0.318. The molecule has 0 unspecified atom stereocenters. The van der Waals surface area contributed by atoms with E-state index >= 15 is 0 Å². The third-order valence-corrected chi connectivity index (χ3v) is 5.64. The van der Waals surface area contributed by atoms with Crippen LogP contribution in [0.25, 0.3) is 11.4 Å². The highest BCUT2D eigenvalue weighted by Gasteiger charge is 2.16. The number of nitrogens with zero attached hydrogens (tertiary/aromatic N) is 3. The first-order valence-corrected chi connectivity index (χ1v) is 10.6. The summed E-state index contributed by atoms with van der Waals surface area (Å²) >= 11 is 1.36. The van der Waals surface area contributed by atoms with Crippen molar-refractivity contribution in [1.29, 1.82) is 0 Å². The zero-order valence-corrected chi connectivity index (χ0v) is 18.7. The van der Waals surface area contributed by atoms with Crippen LogP contribution in [0.2, 0.25) is 0 Å². The molecule has 158 valence electrons. The van der Waals surface area contributed by atoms with Gasteiger partial charge in [-0.2, -0.15) is 0 Å². The third-order valence-electron chi connectivity index (χ3n) is 4.67. The van der Waals surface area contributed by atoms with Crippen LogP contribution in [-0.4, -0.2) is 40.6 Å². The zero-order valence-electron chi connectivity index (χ0n) is 17.9. The van der Waals surface area contributed by atoms with E-state index in [2.05, 4.69) is 15.5 Å². The number of aromatic nitrogens is 3. The average Bonchev–Trinajstić information content (AvgIpc) is 3.17. The lowest BCUT2D eigenvalue weighted by Crippen LogP contribution is -2.15. The minimum Gasteiger partial charge on any atom is -0.493 e. The van der Waals surface area contributed by atoms with Gasteiger partial charge in [0, 0.05) is 17.8 Å². The van der Waals surface area contributed by atoms with E-state index < -0.39 is 0 Å². The molecule has 0 aliphatic heterocycles. The Labute approximate surface area is 180 Å². The summed E-state index contributed by atoms with van der Waals surface area (Å²) in [6.07, 6.45) is 0. The van der Waals surface area contributed by atoms with Crippen molar-refractivity contribution in [2.75, 3.05) is 25.3 Å². The summed E-state index contributed by atoms with van der Waals surface area (Å²) in [7, 11) is 3.20. The molecular formula is C22H26N4O3S. The summed E-state index contributed by atoms with van der Waals surface area (Å²) < 4.78 is 12.7. The van der Waals surface area contributed by atoms with Gasteiger partial charge in [0.1, 0.15) is 0 Å². The second-order valence-corrected chi connectivity index (χ2v) is 7.72. The molecule has 2 aromatic carbocycles. The molecular weight excluding hydrogens is 400 g/mol. The van der Waals surface area contributed by atoms with Crippen LogP contribution < -0.4 is 14.8 Å². The molecule has 0 radical (unpaired) electrons. The van der Waals surface area contributed by atoms with Gasteiger partial charge in [0.25, 0.3) is 0 Å². The van der Waals surface area contributed by atoms with E-state index in [0.29, 0.717) is 23.2 Å². The Kier molecular flexibility index (Phi) is 6.99. The predicted octanol–water partition coefficient (Wildman–Crippen LogP) is 4.33. The monoisotopic (exact) mass is 426 g/mol. The number of thioether (sulfide) groups is 1. The number of methoxy groups -OCH3 is 2. The quantitative estimate of drug-likeness (QED) is 0.540. The molecule has 3 aromatic rings. The molecule has 30 heavy (non-hydrogen) atoms. The molecule has 0 saturated carbocycles. The number of nitrogens with one attached hydrogen (secondary N) is 1. The molecule has 0 fully saturated rings. The minimum atomic E-state index is -0.0768. The number of amides is 1. The van der Waals surface area contributed by atoms with Crippen LogP contribution in [0.4, 0.5) is 5.69 Å². The van der Waals surface area contributed by atoms with Crippen molar-refractivity contribution in [3.63, 3.8) is 0 Å².